The first-order valence-corrected chi connectivity index (χ1v) is 12.1. The van der Waals surface area contributed by atoms with Crippen molar-refractivity contribution >= 4 is 50.9 Å². The summed E-state index contributed by atoms with van der Waals surface area (Å²) < 4.78 is 8.11. The van der Waals surface area contributed by atoms with E-state index in [0.29, 0.717) is 16.0 Å². The van der Waals surface area contributed by atoms with Gasteiger partial charge in [0.25, 0.3) is 0 Å². The van der Waals surface area contributed by atoms with E-state index >= 15 is 0 Å². The van der Waals surface area contributed by atoms with E-state index in [1.54, 1.807) is 7.11 Å². The van der Waals surface area contributed by atoms with E-state index in [1.165, 1.54) is 11.8 Å². The lowest BCUT2D eigenvalue weighted by Crippen LogP contribution is -2.15. The van der Waals surface area contributed by atoms with Crippen molar-refractivity contribution in [2.24, 2.45) is 0 Å². The highest BCUT2D eigenvalue weighted by atomic mass is 79.9. The van der Waals surface area contributed by atoms with E-state index in [9.17, 15) is 4.79 Å². The number of amides is 1. The SMILES string of the molecule is COc1cccc(-c2nnc(SCC(=O)Nc3ccc(C)cc3Br)n2-c2ccc(Cl)cc2)c1. The summed E-state index contributed by atoms with van der Waals surface area (Å²) in [6, 6.07) is 20.8. The van der Waals surface area contributed by atoms with Crippen LogP contribution in [0.4, 0.5) is 5.69 Å². The number of nitrogens with one attached hydrogen (secondary N) is 1. The van der Waals surface area contributed by atoms with Crippen LogP contribution in [0.25, 0.3) is 17.1 Å². The number of thioether (sulfide) groups is 1. The fourth-order valence-corrected chi connectivity index (χ4v) is 4.64. The fourth-order valence-electron chi connectivity index (χ4n) is 3.17. The van der Waals surface area contributed by atoms with Crippen LogP contribution in [-0.2, 0) is 4.79 Å². The van der Waals surface area contributed by atoms with E-state index in [2.05, 4.69) is 31.4 Å². The molecule has 0 aliphatic heterocycles. The van der Waals surface area contributed by atoms with E-state index in [1.807, 2.05) is 78.2 Å². The van der Waals surface area contributed by atoms with E-state index in [-0.39, 0.29) is 11.7 Å². The molecule has 0 saturated carbocycles. The molecular weight excluding hydrogens is 524 g/mol. The Morgan fingerprint density at radius 1 is 1.12 bits per heavy atom. The maximum Gasteiger partial charge on any atom is 0.234 e. The number of methoxy groups -OCH3 is 1. The minimum atomic E-state index is -0.141. The number of aromatic nitrogens is 3. The number of carbonyl (C=O) groups is 1. The third-order valence-electron chi connectivity index (χ3n) is 4.78. The zero-order valence-corrected chi connectivity index (χ0v) is 21.0. The first kappa shape index (κ1) is 23.4. The number of carbonyl (C=O) groups excluding carboxylic acids is 1. The standard InChI is InChI=1S/C24H20BrClN4O2S/c1-15-6-11-21(20(25)12-15)27-22(31)14-33-24-29-28-23(16-4-3-5-19(13-16)32-2)30(24)18-9-7-17(26)8-10-18/h3-13H,14H2,1-2H3,(H,27,31). The number of hydrogen-bond donors (Lipinski definition) is 1. The van der Waals surface area contributed by atoms with Crippen molar-refractivity contribution in [1.82, 2.24) is 14.8 Å². The molecule has 0 aliphatic carbocycles. The van der Waals surface area contributed by atoms with Crippen LogP contribution in [-0.4, -0.2) is 33.5 Å². The van der Waals surface area contributed by atoms with Gasteiger partial charge in [-0.3, -0.25) is 9.36 Å². The Hall–Kier alpha value is -2.81. The first-order valence-electron chi connectivity index (χ1n) is 9.99. The van der Waals surface area contributed by atoms with Gasteiger partial charge in [0, 0.05) is 20.7 Å². The highest BCUT2D eigenvalue weighted by molar-refractivity contribution is 9.10. The van der Waals surface area contributed by atoms with Crippen LogP contribution in [0, 0.1) is 6.92 Å². The zero-order valence-electron chi connectivity index (χ0n) is 17.9. The molecule has 1 heterocycles. The average Bonchev–Trinajstić information content (AvgIpc) is 3.24. The molecule has 3 aromatic carbocycles. The first-order chi connectivity index (χ1) is 15.9. The van der Waals surface area contributed by atoms with Crippen LogP contribution < -0.4 is 10.1 Å². The molecule has 0 unspecified atom stereocenters. The molecule has 0 atom stereocenters. The maximum absolute atomic E-state index is 12.6. The summed E-state index contributed by atoms with van der Waals surface area (Å²) in [5.41, 5.74) is 3.51. The van der Waals surface area contributed by atoms with Crippen LogP contribution in [0.15, 0.2) is 76.4 Å². The molecule has 33 heavy (non-hydrogen) atoms. The molecule has 0 spiro atoms. The molecular formula is C24H20BrClN4O2S. The molecule has 4 aromatic rings. The predicted molar refractivity (Wildman–Crippen MR) is 137 cm³/mol. The normalized spacial score (nSPS) is 10.8. The highest BCUT2D eigenvalue weighted by Gasteiger charge is 2.18. The Bertz CT molecular complexity index is 1290. The van der Waals surface area contributed by atoms with Crippen LogP contribution in [0.2, 0.25) is 5.02 Å². The molecule has 1 amide bonds. The number of aryl methyl sites for hydroxylation is 1. The molecule has 4 rings (SSSR count). The number of benzene rings is 3. The highest BCUT2D eigenvalue weighted by Crippen LogP contribution is 2.30. The Labute approximate surface area is 209 Å². The van der Waals surface area contributed by atoms with Gasteiger partial charge in [-0.1, -0.05) is 41.6 Å². The van der Waals surface area contributed by atoms with Crippen molar-refractivity contribution < 1.29 is 9.53 Å². The Kier molecular flexibility index (Phi) is 7.37. The average molecular weight is 544 g/mol. The van der Waals surface area contributed by atoms with Gasteiger partial charge < -0.3 is 10.1 Å². The van der Waals surface area contributed by atoms with Crippen molar-refractivity contribution in [1.29, 1.82) is 0 Å². The maximum atomic E-state index is 12.6. The Morgan fingerprint density at radius 2 is 1.91 bits per heavy atom. The number of hydrogen-bond acceptors (Lipinski definition) is 5. The second-order valence-electron chi connectivity index (χ2n) is 7.17. The predicted octanol–water partition coefficient (Wildman–Crippen LogP) is 6.40. The van der Waals surface area contributed by atoms with Gasteiger partial charge in [0.05, 0.1) is 18.6 Å². The van der Waals surface area contributed by atoms with Crippen molar-refractivity contribution in [3.05, 3.63) is 81.8 Å². The summed E-state index contributed by atoms with van der Waals surface area (Å²) >= 11 is 10.9. The third-order valence-corrected chi connectivity index (χ3v) is 6.61. The van der Waals surface area contributed by atoms with Crippen LogP contribution in [0.5, 0.6) is 5.75 Å². The topological polar surface area (TPSA) is 69.0 Å². The number of nitrogens with zero attached hydrogens (tertiary/aromatic N) is 3. The number of anilines is 1. The second-order valence-corrected chi connectivity index (χ2v) is 9.40. The monoisotopic (exact) mass is 542 g/mol. The molecule has 0 aliphatic rings. The lowest BCUT2D eigenvalue weighted by molar-refractivity contribution is -0.113. The summed E-state index contributed by atoms with van der Waals surface area (Å²) in [5.74, 6) is 1.39. The Balaban J connectivity index is 1.61. The minimum Gasteiger partial charge on any atom is -0.497 e. The number of rotatable bonds is 7. The van der Waals surface area contributed by atoms with Crippen molar-refractivity contribution in [3.63, 3.8) is 0 Å². The lowest BCUT2D eigenvalue weighted by Gasteiger charge is -2.12. The van der Waals surface area contributed by atoms with E-state index in [4.69, 9.17) is 16.3 Å². The molecule has 6 nitrogen and oxygen atoms in total. The summed E-state index contributed by atoms with van der Waals surface area (Å²) in [6.45, 7) is 2.00. The zero-order chi connectivity index (χ0) is 23.4. The van der Waals surface area contributed by atoms with Crippen molar-refractivity contribution in [2.45, 2.75) is 12.1 Å². The van der Waals surface area contributed by atoms with E-state index < -0.39 is 0 Å². The molecule has 0 saturated heterocycles. The number of ether oxygens (including phenoxy) is 1. The van der Waals surface area contributed by atoms with Crippen molar-refractivity contribution in [3.8, 4) is 22.8 Å². The molecule has 0 bridgehead atoms. The molecule has 1 N–H and O–H groups in total. The summed E-state index contributed by atoms with van der Waals surface area (Å²) in [7, 11) is 1.62. The molecule has 1 aromatic heterocycles. The quantitative estimate of drug-likeness (QED) is 0.273. The van der Waals surface area contributed by atoms with Gasteiger partial charge in [-0.2, -0.15) is 0 Å². The van der Waals surface area contributed by atoms with Crippen molar-refractivity contribution in [2.75, 3.05) is 18.2 Å². The molecule has 0 fully saturated rings. The molecule has 168 valence electrons. The van der Waals surface area contributed by atoms with Gasteiger partial charge in [0.1, 0.15) is 5.75 Å². The van der Waals surface area contributed by atoms with Gasteiger partial charge in [0.15, 0.2) is 11.0 Å². The third kappa shape index (κ3) is 5.58. The molecule has 9 heteroatoms. The lowest BCUT2D eigenvalue weighted by atomic mass is 10.2. The summed E-state index contributed by atoms with van der Waals surface area (Å²) in [4.78, 5) is 12.6. The van der Waals surface area contributed by atoms with Gasteiger partial charge >= 0.3 is 0 Å². The van der Waals surface area contributed by atoms with Gasteiger partial charge in [-0.05, 0) is 76.9 Å². The van der Waals surface area contributed by atoms with Crippen LogP contribution in [0.1, 0.15) is 5.56 Å². The van der Waals surface area contributed by atoms with E-state index in [0.717, 1.165) is 32.7 Å². The van der Waals surface area contributed by atoms with Gasteiger partial charge in [-0.25, -0.2) is 0 Å². The summed E-state index contributed by atoms with van der Waals surface area (Å²) in [5, 5.41) is 12.9. The smallest absolute Gasteiger partial charge is 0.234 e. The Morgan fingerprint density at radius 3 is 2.64 bits per heavy atom. The fraction of sp³-hybridized carbons (Fsp3) is 0.125. The largest absolute Gasteiger partial charge is 0.497 e. The minimum absolute atomic E-state index is 0.141. The molecule has 0 radical (unpaired) electrons. The van der Waals surface area contributed by atoms with Gasteiger partial charge in [-0.15, -0.1) is 10.2 Å². The van der Waals surface area contributed by atoms with Crippen LogP contribution >= 0.6 is 39.3 Å². The summed E-state index contributed by atoms with van der Waals surface area (Å²) in [6.07, 6.45) is 0. The van der Waals surface area contributed by atoms with Gasteiger partial charge in [0.2, 0.25) is 5.91 Å². The second kappa shape index (κ2) is 10.4. The number of halogens is 2. The van der Waals surface area contributed by atoms with Crippen LogP contribution in [0.3, 0.4) is 0 Å².